The van der Waals surface area contributed by atoms with Crippen LogP contribution in [0.5, 0.6) is 0 Å². The highest BCUT2D eigenvalue weighted by Gasteiger charge is 2.30. The Morgan fingerprint density at radius 2 is 1.65 bits per heavy atom. The molecule has 9 heteroatoms. The molecule has 2 rings (SSSR count). The molecule has 140 valence electrons. The van der Waals surface area contributed by atoms with Gasteiger partial charge < -0.3 is 5.32 Å². The largest absolute Gasteiger partial charge is 0.416 e. The van der Waals surface area contributed by atoms with Gasteiger partial charge in [0.1, 0.15) is 0 Å². The van der Waals surface area contributed by atoms with Crippen LogP contribution >= 0.6 is 0 Å². The molecule has 0 aliphatic carbocycles. The van der Waals surface area contributed by atoms with Gasteiger partial charge in [-0.05, 0) is 56.3 Å². The molecule has 0 saturated carbocycles. The molecule has 0 fully saturated rings. The molecule has 0 bridgehead atoms. The lowest BCUT2D eigenvalue weighted by Gasteiger charge is -2.11. The van der Waals surface area contributed by atoms with Crippen molar-refractivity contribution in [1.29, 1.82) is 0 Å². The molecule has 5 nitrogen and oxygen atoms in total. The molecule has 2 N–H and O–H groups in total. The van der Waals surface area contributed by atoms with Gasteiger partial charge in [0, 0.05) is 17.3 Å². The predicted octanol–water partition coefficient (Wildman–Crippen LogP) is 3.64. The number of amides is 1. The second-order valence-corrected chi connectivity index (χ2v) is 7.55. The van der Waals surface area contributed by atoms with Crippen LogP contribution in [0.15, 0.2) is 53.4 Å². The van der Waals surface area contributed by atoms with Gasteiger partial charge in [0.2, 0.25) is 10.0 Å². The van der Waals surface area contributed by atoms with Gasteiger partial charge in [0.15, 0.2) is 0 Å². The van der Waals surface area contributed by atoms with Crippen LogP contribution in [0.4, 0.5) is 18.9 Å². The molecular weight excluding hydrogens is 369 g/mol. The average molecular weight is 386 g/mol. The predicted molar refractivity (Wildman–Crippen MR) is 91.3 cm³/mol. The van der Waals surface area contributed by atoms with Crippen LogP contribution in [0.1, 0.15) is 29.8 Å². The van der Waals surface area contributed by atoms with Crippen molar-refractivity contribution in [2.45, 2.75) is 31.0 Å². The Labute approximate surface area is 149 Å². The lowest BCUT2D eigenvalue weighted by Crippen LogP contribution is -2.30. The molecule has 0 heterocycles. The zero-order chi connectivity index (χ0) is 19.5. The second-order valence-electron chi connectivity index (χ2n) is 5.83. The van der Waals surface area contributed by atoms with Gasteiger partial charge in [0.05, 0.1) is 10.5 Å². The third-order valence-corrected chi connectivity index (χ3v) is 4.94. The van der Waals surface area contributed by atoms with Crippen molar-refractivity contribution in [3.63, 3.8) is 0 Å². The fourth-order valence-corrected chi connectivity index (χ4v) is 3.39. The lowest BCUT2D eigenvalue weighted by atomic mass is 10.1. The van der Waals surface area contributed by atoms with E-state index < -0.39 is 27.7 Å². The van der Waals surface area contributed by atoms with Gasteiger partial charge in [-0.3, -0.25) is 4.79 Å². The maximum atomic E-state index is 12.7. The smallest absolute Gasteiger partial charge is 0.322 e. The molecule has 2 aromatic rings. The number of halogens is 3. The summed E-state index contributed by atoms with van der Waals surface area (Å²) in [5.74, 6) is -0.730. The Balaban J connectivity index is 2.16. The van der Waals surface area contributed by atoms with Crippen LogP contribution in [-0.4, -0.2) is 20.4 Å². The van der Waals surface area contributed by atoms with Crippen LogP contribution in [0.2, 0.25) is 0 Å². The zero-order valence-corrected chi connectivity index (χ0v) is 14.8. The Bertz CT molecular complexity index is 892. The summed E-state index contributed by atoms with van der Waals surface area (Å²) >= 11 is 0. The third-order valence-electron chi connectivity index (χ3n) is 3.27. The number of carbonyl (C=O) groups is 1. The van der Waals surface area contributed by atoms with E-state index in [4.69, 9.17) is 0 Å². The topological polar surface area (TPSA) is 75.3 Å². The minimum atomic E-state index is -4.55. The SMILES string of the molecule is CC(C)NS(=O)(=O)c1ccc(NC(=O)c2cccc(C(F)(F)F)c2)cc1. The first-order valence-corrected chi connectivity index (χ1v) is 9.08. The Morgan fingerprint density at radius 3 is 2.19 bits per heavy atom. The van der Waals surface area contributed by atoms with Crippen LogP contribution in [0.3, 0.4) is 0 Å². The van der Waals surface area contributed by atoms with E-state index in [9.17, 15) is 26.4 Å². The van der Waals surface area contributed by atoms with Gasteiger partial charge >= 0.3 is 6.18 Å². The first-order chi connectivity index (χ1) is 12.0. The summed E-state index contributed by atoms with van der Waals surface area (Å²) in [4.78, 5) is 12.1. The molecule has 0 aromatic heterocycles. The number of alkyl halides is 3. The van der Waals surface area contributed by atoms with E-state index in [1.54, 1.807) is 13.8 Å². The number of anilines is 1. The van der Waals surface area contributed by atoms with Crippen LogP contribution in [0.25, 0.3) is 0 Å². The molecule has 0 aliphatic rings. The van der Waals surface area contributed by atoms with Crippen molar-refractivity contribution in [3.8, 4) is 0 Å². The fraction of sp³-hybridized carbons (Fsp3) is 0.235. The monoisotopic (exact) mass is 386 g/mol. The summed E-state index contributed by atoms with van der Waals surface area (Å²) in [7, 11) is -3.67. The summed E-state index contributed by atoms with van der Waals surface area (Å²) < 4.78 is 64.6. The summed E-state index contributed by atoms with van der Waals surface area (Å²) in [6.45, 7) is 3.36. The van der Waals surface area contributed by atoms with E-state index >= 15 is 0 Å². The van der Waals surface area contributed by atoms with Crippen LogP contribution < -0.4 is 10.0 Å². The van der Waals surface area contributed by atoms with Gasteiger partial charge in [-0.2, -0.15) is 13.2 Å². The number of nitrogens with one attached hydrogen (secondary N) is 2. The Morgan fingerprint density at radius 1 is 1.04 bits per heavy atom. The summed E-state index contributed by atoms with van der Waals surface area (Å²) in [6.07, 6.45) is -4.55. The fourth-order valence-electron chi connectivity index (χ4n) is 2.14. The maximum absolute atomic E-state index is 12.7. The van der Waals surface area contributed by atoms with Crippen LogP contribution in [-0.2, 0) is 16.2 Å². The van der Waals surface area contributed by atoms with Gasteiger partial charge in [-0.1, -0.05) is 6.07 Å². The molecule has 0 spiro atoms. The number of hydrogen-bond acceptors (Lipinski definition) is 3. The standard InChI is InChI=1S/C17H17F3N2O3S/c1-11(2)22-26(24,25)15-8-6-14(7-9-15)21-16(23)12-4-3-5-13(10-12)17(18,19)20/h3-11,22H,1-2H3,(H,21,23). The maximum Gasteiger partial charge on any atom is 0.416 e. The Kier molecular flexibility index (Phi) is 5.72. The first kappa shape index (κ1) is 19.9. The van der Waals surface area contributed by atoms with Gasteiger partial charge in [0.25, 0.3) is 5.91 Å². The minimum Gasteiger partial charge on any atom is -0.322 e. The normalized spacial score (nSPS) is 12.2. The molecule has 26 heavy (non-hydrogen) atoms. The summed E-state index contributed by atoms with van der Waals surface area (Å²) in [5.41, 5.74) is -0.819. The molecule has 0 saturated heterocycles. The molecule has 0 unspecified atom stereocenters. The van der Waals surface area contributed by atoms with E-state index in [2.05, 4.69) is 10.0 Å². The van der Waals surface area contributed by atoms with Crippen molar-refractivity contribution in [1.82, 2.24) is 4.72 Å². The highest BCUT2D eigenvalue weighted by atomic mass is 32.2. The number of carbonyl (C=O) groups excluding carboxylic acids is 1. The van der Waals surface area contributed by atoms with E-state index in [1.165, 1.54) is 30.3 Å². The van der Waals surface area contributed by atoms with Crippen LogP contribution in [0, 0.1) is 0 Å². The van der Waals surface area contributed by atoms with E-state index in [1.807, 2.05) is 0 Å². The quantitative estimate of drug-likeness (QED) is 0.824. The first-order valence-electron chi connectivity index (χ1n) is 7.60. The summed E-state index contributed by atoms with van der Waals surface area (Å²) in [6, 6.07) is 9.07. The van der Waals surface area contributed by atoms with Gasteiger partial charge in [-0.25, -0.2) is 13.1 Å². The molecule has 0 aliphatic heterocycles. The molecule has 1 amide bonds. The third kappa shape index (κ3) is 5.06. The average Bonchev–Trinajstić information content (AvgIpc) is 2.53. The number of sulfonamides is 1. The van der Waals surface area contributed by atoms with E-state index in [0.717, 1.165) is 18.2 Å². The lowest BCUT2D eigenvalue weighted by molar-refractivity contribution is -0.137. The molecule has 0 atom stereocenters. The number of hydrogen-bond donors (Lipinski definition) is 2. The van der Waals surface area contributed by atoms with Crippen molar-refractivity contribution < 1.29 is 26.4 Å². The van der Waals surface area contributed by atoms with Crippen molar-refractivity contribution in [3.05, 3.63) is 59.7 Å². The zero-order valence-electron chi connectivity index (χ0n) is 14.0. The summed E-state index contributed by atoms with van der Waals surface area (Å²) in [5, 5.41) is 2.43. The van der Waals surface area contributed by atoms with E-state index in [-0.39, 0.29) is 22.2 Å². The highest BCUT2D eigenvalue weighted by Crippen LogP contribution is 2.29. The minimum absolute atomic E-state index is 0.0169. The number of benzene rings is 2. The molecular formula is C17H17F3N2O3S. The highest BCUT2D eigenvalue weighted by molar-refractivity contribution is 7.89. The van der Waals surface area contributed by atoms with Gasteiger partial charge in [-0.15, -0.1) is 0 Å². The molecule has 2 aromatic carbocycles. The Hall–Kier alpha value is -2.39. The van der Waals surface area contributed by atoms with Crippen molar-refractivity contribution >= 4 is 21.6 Å². The molecule has 0 radical (unpaired) electrons. The number of rotatable bonds is 5. The van der Waals surface area contributed by atoms with E-state index in [0.29, 0.717) is 0 Å². The van der Waals surface area contributed by atoms with Crippen molar-refractivity contribution in [2.75, 3.05) is 5.32 Å². The second kappa shape index (κ2) is 7.46. The van der Waals surface area contributed by atoms with Crippen molar-refractivity contribution in [2.24, 2.45) is 0 Å².